The summed E-state index contributed by atoms with van der Waals surface area (Å²) in [6.07, 6.45) is 6.19. The van der Waals surface area contributed by atoms with Gasteiger partial charge in [0.25, 0.3) is 0 Å². The maximum atomic E-state index is 5.54. The van der Waals surface area contributed by atoms with Crippen molar-refractivity contribution < 1.29 is 37.9 Å². The van der Waals surface area contributed by atoms with Crippen LogP contribution >= 0.6 is 0 Å². The van der Waals surface area contributed by atoms with Gasteiger partial charge in [-0.05, 0) is 64.8 Å². The Kier molecular flexibility index (Phi) is 13.2. The summed E-state index contributed by atoms with van der Waals surface area (Å²) >= 11 is 0. The average Bonchev–Trinajstić information content (AvgIpc) is 4.03. The van der Waals surface area contributed by atoms with Crippen molar-refractivity contribution in [1.29, 1.82) is 0 Å². The number of nitrogens with zero attached hydrogens (tertiary/aromatic N) is 4. The Morgan fingerprint density at radius 1 is 0.393 bits per heavy atom. The average molecular weight is 839 g/mol. The first kappa shape index (κ1) is 41.8. The highest BCUT2D eigenvalue weighted by atomic mass is 16.6. The quantitative estimate of drug-likeness (QED) is 0.106. The molecule has 12 heteroatoms. The van der Waals surface area contributed by atoms with E-state index in [1.165, 1.54) is 44.8 Å². The Labute approximate surface area is 362 Å². The summed E-state index contributed by atoms with van der Waals surface area (Å²) in [6.45, 7) is 21.5. The van der Waals surface area contributed by atoms with Gasteiger partial charge in [0.1, 0.15) is 0 Å². The first-order chi connectivity index (χ1) is 30.0. The zero-order valence-electron chi connectivity index (χ0n) is 36.3. The van der Waals surface area contributed by atoms with Gasteiger partial charge < -0.3 is 47.7 Å². The maximum absolute atomic E-state index is 5.54. The standard InChI is InChI=1S/C29H38N2O4.C20H28N2O4/c1-3-22-10-20(5-7-28(22)30(12-24-16-32-24)13-25-17-33-25)9-21-6-8-29(23(4-2)11-21)31(14-26-18-34-26)15-27-19-35-27;1-2-15(5-21(7-17-11-23-17)8-18-12-24-18)4-16(3-1)6-22(9-19-13-25-19)10-20-14-26-20/h5-8,10-11,24-27H,3-4,9,12-19H2,1-2H3;1-4,17-20H,5-14H2. The van der Waals surface area contributed by atoms with E-state index in [0.717, 1.165) is 138 Å². The molecule has 61 heavy (non-hydrogen) atoms. The molecule has 8 heterocycles. The van der Waals surface area contributed by atoms with E-state index in [1.807, 2.05) is 0 Å². The smallest absolute Gasteiger partial charge is 0.0984 e. The lowest BCUT2D eigenvalue weighted by molar-refractivity contribution is 0.210. The van der Waals surface area contributed by atoms with E-state index >= 15 is 0 Å². The topological polar surface area (TPSA) is 113 Å². The Bertz CT molecular complexity index is 1720. The van der Waals surface area contributed by atoms with Crippen molar-refractivity contribution in [2.45, 2.75) is 95.0 Å². The van der Waals surface area contributed by atoms with Crippen LogP contribution < -0.4 is 9.80 Å². The molecule has 0 aromatic heterocycles. The molecule has 0 N–H and O–H groups in total. The molecule has 0 aliphatic carbocycles. The van der Waals surface area contributed by atoms with Gasteiger partial charge >= 0.3 is 0 Å². The van der Waals surface area contributed by atoms with E-state index in [-0.39, 0.29) is 0 Å². The van der Waals surface area contributed by atoms with Crippen molar-refractivity contribution in [3.8, 4) is 0 Å². The van der Waals surface area contributed by atoms with Gasteiger partial charge in [-0.2, -0.15) is 0 Å². The van der Waals surface area contributed by atoms with Crippen LogP contribution in [0.3, 0.4) is 0 Å². The molecular formula is C49H66N4O8. The molecule has 0 saturated carbocycles. The minimum absolute atomic E-state index is 0.377. The molecule has 330 valence electrons. The number of epoxide rings is 8. The van der Waals surface area contributed by atoms with Crippen molar-refractivity contribution >= 4 is 11.4 Å². The maximum Gasteiger partial charge on any atom is 0.0984 e. The number of anilines is 2. The number of rotatable bonds is 26. The third kappa shape index (κ3) is 13.4. The summed E-state index contributed by atoms with van der Waals surface area (Å²) in [7, 11) is 0. The Hall–Kier alpha value is -3.14. The van der Waals surface area contributed by atoms with Crippen molar-refractivity contribution in [1.82, 2.24) is 9.80 Å². The molecule has 11 rings (SSSR count). The van der Waals surface area contributed by atoms with Crippen molar-refractivity contribution in [3.63, 3.8) is 0 Å². The summed E-state index contributed by atoms with van der Waals surface area (Å²) in [4.78, 5) is 9.90. The van der Waals surface area contributed by atoms with Crippen molar-refractivity contribution in [2.24, 2.45) is 0 Å². The molecular weight excluding hydrogens is 773 g/mol. The molecule has 8 aliphatic heterocycles. The van der Waals surface area contributed by atoms with Gasteiger partial charge in [-0.1, -0.05) is 62.4 Å². The number of ether oxygens (including phenoxy) is 8. The van der Waals surface area contributed by atoms with Gasteiger partial charge in [-0.3, -0.25) is 9.80 Å². The van der Waals surface area contributed by atoms with E-state index in [4.69, 9.17) is 37.9 Å². The fourth-order valence-corrected chi connectivity index (χ4v) is 8.73. The molecule has 8 fully saturated rings. The lowest BCUT2D eigenvalue weighted by Gasteiger charge is -2.27. The van der Waals surface area contributed by atoms with Crippen LogP contribution in [0.1, 0.15) is 47.2 Å². The van der Waals surface area contributed by atoms with Crippen molar-refractivity contribution in [2.75, 3.05) is 115 Å². The van der Waals surface area contributed by atoms with Crippen LogP contribution in [0.2, 0.25) is 0 Å². The second-order valence-corrected chi connectivity index (χ2v) is 18.5. The predicted molar refractivity (Wildman–Crippen MR) is 234 cm³/mol. The van der Waals surface area contributed by atoms with Crippen LogP contribution in [0.25, 0.3) is 0 Å². The summed E-state index contributed by atoms with van der Waals surface area (Å²) < 4.78 is 43.9. The van der Waals surface area contributed by atoms with Crippen LogP contribution in [0.4, 0.5) is 11.4 Å². The van der Waals surface area contributed by atoms with E-state index in [9.17, 15) is 0 Å². The molecule has 8 aliphatic rings. The Morgan fingerprint density at radius 3 is 1.00 bits per heavy atom. The van der Waals surface area contributed by atoms with Crippen LogP contribution in [0, 0.1) is 0 Å². The number of benzene rings is 3. The van der Waals surface area contributed by atoms with E-state index in [2.05, 4.69) is 94.1 Å². The van der Waals surface area contributed by atoms with E-state index in [1.54, 1.807) is 0 Å². The first-order valence-electron chi connectivity index (χ1n) is 23.2. The van der Waals surface area contributed by atoms with Crippen LogP contribution in [-0.2, 0) is 70.2 Å². The second kappa shape index (κ2) is 19.3. The summed E-state index contributed by atoms with van der Waals surface area (Å²) in [5.41, 5.74) is 11.0. The largest absolute Gasteiger partial charge is 0.372 e. The van der Waals surface area contributed by atoms with E-state index < -0.39 is 0 Å². The Balaban J connectivity index is 0.000000152. The number of hydrogen-bond donors (Lipinski definition) is 0. The number of aryl methyl sites for hydroxylation is 2. The zero-order chi connectivity index (χ0) is 41.1. The minimum Gasteiger partial charge on any atom is -0.372 e. The van der Waals surface area contributed by atoms with Gasteiger partial charge in [-0.25, -0.2) is 0 Å². The highest BCUT2D eigenvalue weighted by molar-refractivity contribution is 5.58. The molecule has 0 radical (unpaired) electrons. The van der Waals surface area contributed by atoms with Gasteiger partial charge in [0.2, 0.25) is 0 Å². The minimum atomic E-state index is 0.377. The Morgan fingerprint density at radius 2 is 0.705 bits per heavy atom. The molecule has 3 aromatic rings. The summed E-state index contributed by atoms with van der Waals surface area (Å²) in [5.74, 6) is 0. The molecule has 3 aromatic carbocycles. The van der Waals surface area contributed by atoms with Gasteiger partial charge in [0, 0.05) is 76.8 Å². The molecule has 0 spiro atoms. The molecule has 12 nitrogen and oxygen atoms in total. The van der Waals surface area contributed by atoms with Gasteiger partial charge in [0.15, 0.2) is 0 Å². The summed E-state index contributed by atoms with van der Waals surface area (Å²) in [5, 5.41) is 0. The third-order valence-electron chi connectivity index (χ3n) is 12.7. The molecule has 8 unspecified atom stereocenters. The van der Waals surface area contributed by atoms with Crippen LogP contribution in [-0.4, -0.2) is 164 Å². The lowest BCUT2D eigenvalue weighted by Crippen LogP contribution is -2.32. The SMILES string of the molecule is CCc1cc(Cc2ccc(N(CC3CO3)CC3CO3)c(CC)c2)ccc1N(CC1CO1)CC1CO1.c1cc(CN(CC2CO2)CC2CO2)cc(CN(CC2CO2)CC2CO2)c1. The zero-order valence-corrected chi connectivity index (χ0v) is 36.3. The van der Waals surface area contributed by atoms with Gasteiger partial charge in [-0.15, -0.1) is 0 Å². The fraction of sp³-hybridized carbons (Fsp3) is 0.633. The molecule has 8 saturated heterocycles. The monoisotopic (exact) mass is 838 g/mol. The normalized spacial score (nSPS) is 28.3. The molecule has 8 atom stereocenters. The highest BCUT2D eigenvalue weighted by Gasteiger charge is 2.35. The second-order valence-electron chi connectivity index (χ2n) is 18.5. The lowest BCUT2D eigenvalue weighted by atomic mass is 9.97. The van der Waals surface area contributed by atoms with Crippen molar-refractivity contribution in [3.05, 3.63) is 94.0 Å². The molecule has 0 bridgehead atoms. The third-order valence-corrected chi connectivity index (χ3v) is 12.7. The van der Waals surface area contributed by atoms with E-state index in [0.29, 0.717) is 48.8 Å². The summed E-state index contributed by atoms with van der Waals surface area (Å²) in [6, 6.07) is 23.1. The van der Waals surface area contributed by atoms with Crippen LogP contribution in [0.5, 0.6) is 0 Å². The van der Waals surface area contributed by atoms with Crippen LogP contribution in [0.15, 0.2) is 60.7 Å². The highest BCUT2D eigenvalue weighted by Crippen LogP contribution is 2.31. The first-order valence-corrected chi connectivity index (χ1v) is 23.2. The fourth-order valence-electron chi connectivity index (χ4n) is 8.73. The number of hydrogen-bond acceptors (Lipinski definition) is 12. The molecule has 0 amide bonds. The predicted octanol–water partition coefficient (Wildman–Crippen LogP) is 4.50. The van der Waals surface area contributed by atoms with Gasteiger partial charge in [0.05, 0.1) is 102 Å².